The predicted molar refractivity (Wildman–Crippen MR) is 78.9 cm³/mol. The van der Waals surface area contributed by atoms with Crippen molar-refractivity contribution in [2.75, 3.05) is 13.2 Å². The highest BCUT2D eigenvalue weighted by Gasteiger charge is 2.34. The number of rotatable bonds is 5. The maximum atomic E-state index is 6.26. The Bertz CT molecular complexity index is 450. The summed E-state index contributed by atoms with van der Waals surface area (Å²) < 4.78 is 5.88. The second kappa shape index (κ2) is 5.34. The van der Waals surface area contributed by atoms with Gasteiger partial charge in [0.25, 0.3) is 0 Å². The number of nitrogens with two attached hydrogens (primary N) is 1. The molecule has 0 radical (unpaired) electrons. The van der Waals surface area contributed by atoms with Crippen molar-refractivity contribution >= 4 is 11.6 Å². The van der Waals surface area contributed by atoms with E-state index in [0.717, 1.165) is 23.3 Å². The van der Waals surface area contributed by atoms with E-state index >= 15 is 0 Å². The topological polar surface area (TPSA) is 35.2 Å². The van der Waals surface area contributed by atoms with E-state index in [1.807, 2.05) is 6.07 Å². The van der Waals surface area contributed by atoms with E-state index in [1.165, 1.54) is 44.1 Å². The van der Waals surface area contributed by atoms with Crippen LogP contribution in [0.5, 0.6) is 5.75 Å². The van der Waals surface area contributed by atoms with E-state index in [2.05, 4.69) is 12.1 Å². The average Bonchev–Trinajstić information content (AvgIpc) is 3.11. The fourth-order valence-corrected chi connectivity index (χ4v) is 3.34. The lowest BCUT2D eigenvalue weighted by molar-refractivity contribution is 0.298. The molecule has 2 fully saturated rings. The van der Waals surface area contributed by atoms with Crippen molar-refractivity contribution in [3.05, 3.63) is 28.8 Å². The highest BCUT2D eigenvalue weighted by atomic mass is 35.5. The first-order valence-corrected chi connectivity index (χ1v) is 7.74. The average molecular weight is 280 g/mol. The molecule has 0 unspecified atom stereocenters. The molecule has 1 aromatic carbocycles. The molecule has 0 atom stereocenters. The Hall–Kier alpha value is -0.730. The zero-order valence-corrected chi connectivity index (χ0v) is 12.1. The molecule has 19 heavy (non-hydrogen) atoms. The summed E-state index contributed by atoms with van der Waals surface area (Å²) in [4.78, 5) is 0. The van der Waals surface area contributed by atoms with Crippen molar-refractivity contribution in [1.82, 2.24) is 0 Å². The van der Waals surface area contributed by atoms with Gasteiger partial charge in [0, 0.05) is 17.0 Å². The third kappa shape index (κ3) is 2.90. The van der Waals surface area contributed by atoms with Gasteiger partial charge in [0.2, 0.25) is 0 Å². The van der Waals surface area contributed by atoms with Crippen molar-refractivity contribution in [2.24, 2.45) is 11.7 Å². The van der Waals surface area contributed by atoms with Crippen LogP contribution < -0.4 is 10.5 Å². The Kier molecular flexibility index (Phi) is 3.72. The van der Waals surface area contributed by atoms with Gasteiger partial charge in [-0.25, -0.2) is 0 Å². The zero-order chi connectivity index (χ0) is 13.3. The molecule has 3 rings (SSSR count). The molecule has 0 heterocycles. The molecule has 0 aromatic heterocycles. The lowest BCUT2D eigenvalue weighted by Gasteiger charge is -2.28. The fraction of sp³-hybridized carbons (Fsp3) is 0.625. The van der Waals surface area contributed by atoms with Gasteiger partial charge in [0.15, 0.2) is 0 Å². The third-order valence-corrected chi connectivity index (χ3v) is 4.84. The molecule has 0 saturated heterocycles. The Labute approximate surface area is 120 Å². The Morgan fingerprint density at radius 3 is 2.58 bits per heavy atom. The number of hydrogen-bond acceptors (Lipinski definition) is 2. The quantitative estimate of drug-likeness (QED) is 0.887. The minimum absolute atomic E-state index is 0.128. The van der Waals surface area contributed by atoms with Gasteiger partial charge in [0.05, 0.1) is 6.61 Å². The summed E-state index contributed by atoms with van der Waals surface area (Å²) in [6, 6.07) is 6.16. The van der Waals surface area contributed by atoms with E-state index in [9.17, 15) is 0 Å². The van der Waals surface area contributed by atoms with Crippen molar-refractivity contribution in [3.63, 3.8) is 0 Å². The summed E-state index contributed by atoms with van der Waals surface area (Å²) in [7, 11) is 0. The van der Waals surface area contributed by atoms with Crippen LogP contribution >= 0.6 is 11.6 Å². The third-order valence-electron chi connectivity index (χ3n) is 4.62. The van der Waals surface area contributed by atoms with Crippen molar-refractivity contribution in [2.45, 2.75) is 43.9 Å². The molecule has 0 amide bonds. The molecule has 2 aliphatic carbocycles. The van der Waals surface area contributed by atoms with E-state index < -0.39 is 0 Å². The van der Waals surface area contributed by atoms with Crippen LogP contribution in [-0.4, -0.2) is 13.2 Å². The highest BCUT2D eigenvalue weighted by molar-refractivity contribution is 6.30. The smallest absolute Gasteiger partial charge is 0.121 e. The van der Waals surface area contributed by atoms with Crippen molar-refractivity contribution in [3.8, 4) is 5.75 Å². The second-order valence-corrected chi connectivity index (χ2v) is 6.56. The monoisotopic (exact) mass is 279 g/mol. The Balaban J connectivity index is 1.83. The summed E-state index contributed by atoms with van der Waals surface area (Å²) >= 11 is 6.26. The van der Waals surface area contributed by atoms with Gasteiger partial charge >= 0.3 is 0 Å². The van der Waals surface area contributed by atoms with Gasteiger partial charge < -0.3 is 10.5 Å². The first kappa shape index (κ1) is 13.3. The van der Waals surface area contributed by atoms with Gasteiger partial charge in [-0.1, -0.05) is 24.4 Å². The summed E-state index contributed by atoms with van der Waals surface area (Å²) in [5.74, 6) is 1.67. The molecule has 3 heteroatoms. The fourth-order valence-electron chi connectivity index (χ4n) is 3.11. The molecular formula is C16H22ClNO. The maximum absolute atomic E-state index is 6.26. The number of ether oxygens (including phenoxy) is 1. The molecule has 2 N–H and O–H groups in total. The van der Waals surface area contributed by atoms with Gasteiger partial charge in [-0.3, -0.25) is 0 Å². The summed E-state index contributed by atoms with van der Waals surface area (Å²) in [5.41, 5.74) is 7.45. The Morgan fingerprint density at radius 1 is 1.21 bits per heavy atom. The summed E-state index contributed by atoms with van der Waals surface area (Å²) in [5, 5.41) is 0.767. The van der Waals surface area contributed by atoms with Crippen LogP contribution in [0.1, 0.15) is 44.1 Å². The minimum atomic E-state index is 0.128. The second-order valence-electron chi connectivity index (χ2n) is 6.12. The predicted octanol–water partition coefficient (Wildman–Crippen LogP) is 3.90. The SMILES string of the molecule is NCC1(c2cc(Cl)cc(OCC3CC3)c2)CCCC1. The van der Waals surface area contributed by atoms with Crippen LogP contribution in [0.15, 0.2) is 18.2 Å². The standard InChI is InChI=1S/C16H22ClNO/c17-14-7-13(16(11-18)5-1-2-6-16)8-15(9-14)19-10-12-3-4-12/h7-9,12H,1-6,10-11,18H2. The first-order chi connectivity index (χ1) is 9.22. The normalized spacial score (nSPS) is 21.6. The highest BCUT2D eigenvalue weighted by Crippen LogP contribution is 2.42. The molecule has 2 saturated carbocycles. The van der Waals surface area contributed by atoms with Gasteiger partial charge in [-0.15, -0.1) is 0 Å². The van der Waals surface area contributed by atoms with E-state index in [0.29, 0.717) is 6.54 Å². The van der Waals surface area contributed by atoms with Crippen LogP contribution in [0.2, 0.25) is 5.02 Å². The summed E-state index contributed by atoms with van der Waals surface area (Å²) in [6.45, 7) is 1.53. The Morgan fingerprint density at radius 2 is 1.95 bits per heavy atom. The number of benzene rings is 1. The molecular weight excluding hydrogens is 258 g/mol. The lowest BCUT2D eigenvalue weighted by atomic mass is 9.79. The van der Waals surface area contributed by atoms with Crippen LogP contribution in [0, 0.1) is 5.92 Å². The van der Waals surface area contributed by atoms with Crippen LogP contribution in [0.4, 0.5) is 0 Å². The molecule has 104 valence electrons. The largest absolute Gasteiger partial charge is 0.493 e. The molecule has 0 bridgehead atoms. The first-order valence-electron chi connectivity index (χ1n) is 7.36. The van der Waals surface area contributed by atoms with Crippen LogP contribution in [0.25, 0.3) is 0 Å². The molecule has 2 nitrogen and oxygen atoms in total. The zero-order valence-electron chi connectivity index (χ0n) is 11.3. The molecule has 1 aromatic rings. The number of halogens is 1. The van der Waals surface area contributed by atoms with Crippen molar-refractivity contribution < 1.29 is 4.74 Å². The maximum Gasteiger partial charge on any atom is 0.121 e. The lowest BCUT2D eigenvalue weighted by Crippen LogP contribution is -2.32. The van der Waals surface area contributed by atoms with Crippen LogP contribution in [0.3, 0.4) is 0 Å². The van der Waals surface area contributed by atoms with Gasteiger partial charge in [0.1, 0.15) is 5.75 Å². The van der Waals surface area contributed by atoms with Crippen molar-refractivity contribution in [1.29, 1.82) is 0 Å². The van der Waals surface area contributed by atoms with Gasteiger partial charge in [-0.2, -0.15) is 0 Å². The molecule has 2 aliphatic rings. The summed E-state index contributed by atoms with van der Waals surface area (Å²) in [6.07, 6.45) is 7.49. The van der Waals surface area contributed by atoms with Crippen LogP contribution in [-0.2, 0) is 5.41 Å². The van der Waals surface area contributed by atoms with Gasteiger partial charge in [-0.05, 0) is 55.4 Å². The minimum Gasteiger partial charge on any atom is -0.493 e. The number of hydrogen-bond donors (Lipinski definition) is 1. The molecule has 0 spiro atoms. The van der Waals surface area contributed by atoms with E-state index in [1.54, 1.807) is 0 Å². The molecule has 0 aliphatic heterocycles. The van der Waals surface area contributed by atoms with E-state index in [4.69, 9.17) is 22.1 Å². The van der Waals surface area contributed by atoms with E-state index in [-0.39, 0.29) is 5.41 Å².